The molecule has 8 aromatic rings. The van der Waals surface area contributed by atoms with Gasteiger partial charge in [0.15, 0.2) is 0 Å². The van der Waals surface area contributed by atoms with Gasteiger partial charge in [-0.3, -0.25) is 0 Å². The normalized spacial score (nSPS) is 13.4. The predicted molar refractivity (Wildman–Crippen MR) is 218 cm³/mol. The summed E-state index contributed by atoms with van der Waals surface area (Å²) in [6, 6.07) is 51.3. The van der Waals surface area contributed by atoms with Crippen molar-refractivity contribution in [2.24, 2.45) is 5.92 Å². The summed E-state index contributed by atoms with van der Waals surface area (Å²) < 4.78 is 11.6. The second kappa shape index (κ2) is 13.5. The highest BCUT2D eigenvalue weighted by Crippen LogP contribution is 2.37. The predicted octanol–water partition coefficient (Wildman–Crippen LogP) is 13.1. The molecule has 0 fully saturated rings. The number of ether oxygens (including phenoxy) is 1. The second-order valence-electron chi connectivity index (χ2n) is 15.0. The molecule has 0 aliphatic heterocycles. The third kappa shape index (κ3) is 6.25. The first-order chi connectivity index (χ1) is 24.8. The zero-order chi connectivity index (χ0) is 35.1. The highest BCUT2D eigenvalue weighted by molar-refractivity contribution is 6.11. The molecule has 256 valence electrons. The van der Waals surface area contributed by atoms with Crippen LogP contribution in [-0.4, -0.2) is 20.8 Å². The van der Waals surface area contributed by atoms with Gasteiger partial charge >= 0.3 is 0 Å². The minimum Gasteiger partial charge on any atom is -0.372 e. The van der Waals surface area contributed by atoms with Gasteiger partial charge in [-0.15, -0.1) is 0 Å². The maximum atomic E-state index is 6.76. The van der Waals surface area contributed by atoms with Gasteiger partial charge in [-0.1, -0.05) is 112 Å². The first-order valence-electron chi connectivity index (χ1n) is 18.7. The van der Waals surface area contributed by atoms with Crippen LogP contribution in [0.2, 0.25) is 0 Å². The van der Waals surface area contributed by atoms with Crippen molar-refractivity contribution in [2.45, 2.75) is 72.0 Å². The van der Waals surface area contributed by atoms with Crippen molar-refractivity contribution in [3.63, 3.8) is 0 Å². The summed E-state index contributed by atoms with van der Waals surface area (Å²) >= 11 is 0. The van der Waals surface area contributed by atoms with E-state index in [0.29, 0.717) is 5.92 Å². The molecular formula is C48H48N2O. The van der Waals surface area contributed by atoms with Crippen LogP contribution in [0.5, 0.6) is 0 Å². The highest BCUT2D eigenvalue weighted by atomic mass is 16.5. The van der Waals surface area contributed by atoms with Gasteiger partial charge in [0.05, 0.1) is 33.8 Å². The zero-order valence-corrected chi connectivity index (χ0v) is 30.6. The van der Waals surface area contributed by atoms with E-state index >= 15 is 0 Å². The molecule has 2 atom stereocenters. The Kier molecular flexibility index (Phi) is 8.78. The van der Waals surface area contributed by atoms with Gasteiger partial charge in [-0.2, -0.15) is 0 Å². The third-order valence-electron chi connectivity index (χ3n) is 11.0. The van der Waals surface area contributed by atoms with Crippen LogP contribution in [0.15, 0.2) is 140 Å². The Morgan fingerprint density at radius 1 is 0.549 bits per heavy atom. The molecule has 51 heavy (non-hydrogen) atoms. The molecule has 0 spiro atoms. The third-order valence-corrected chi connectivity index (χ3v) is 11.0. The van der Waals surface area contributed by atoms with Crippen molar-refractivity contribution in [1.82, 2.24) is 9.13 Å². The van der Waals surface area contributed by atoms with Gasteiger partial charge in [-0.25, -0.2) is 0 Å². The van der Waals surface area contributed by atoms with Crippen LogP contribution in [0, 0.1) is 5.92 Å². The summed E-state index contributed by atoms with van der Waals surface area (Å²) in [4.78, 5) is 0. The van der Waals surface area contributed by atoms with Crippen LogP contribution in [0.1, 0.15) is 59.4 Å². The minimum absolute atomic E-state index is 0.136. The Morgan fingerprint density at radius 3 is 1.69 bits per heavy atom. The van der Waals surface area contributed by atoms with Crippen LogP contribution < -0.4 is 0 Å². The van der Waals surface area contributed by atoms with E-state index in [-0.39, 0.29) is 11.7 Å². The van der Waals surface area contributed by atoms with E-state index in [1.807, 2.05) is 0 Å². The van der Waals surface area contributed by atoms with E-state index in [1.165, 1.54) is 78.1 Å². The van der Waals surface area contributed by atoms with Crippen molar-refractivity contribution in [3.8, 4) is 22.5 Å². The molecule has 3 nitrogen and oxygen atoms in total. The van der Waals surface area contributed by atoms with E-state index in [4.69, 9.17) is 4.74 Å². The number of hydrogen-bond donors (Lipinski definition) is 0. The van der Waals surface area contributed by atoms with Gasteiger partial charge in [0, 0.05) is 32.9 Å². The fourth-order valence-corrected chi connectivity index (χ4v) is 7.86. The lowest BCUT2D eigenvalue weighted by molar-refractivity contribution is -0.0806. The number of para-hydroxylation sites is 3. The van der Waals surface area contributed by atoms with E-state index in [2.05, 4.69) is 183 Å². The summed E-state index contributed by atoms with van der Waals surface area (Å²) in [5, 5.41) is 5.08. The quantitative estimate of drug-likeness (QED) is 0.134. The minimum atomic E-state index is -0.136. The molecule has 6 aromatic carbocycles. The van der Waals surface area contributed by atoms with E-state index < -0.39 is 0 Å². The highest BCUT2D eigenvalue weighted by Gasteiger charge is 2.24. The van der Waals surface area contributed by atoms with Gasteiger partial charge in [0.1, 0.15) is 0 Å². The summed E-state index contributed by atoms with van der Waals surface area (Å²) in [5.41, 5.74) is 10.9. The average Bonchev–Trinajstić information content (AvgIpc) is 3.67. The number of fused-ring (bicyclic) bond motifs is 6. The molecule has 2 aromatic heterocycles. The smallest absolute Gasteiger partial charge is 0.0627 e. The number of benzene rings is 6. The molecule has 2 heterocycles. The lowest BCUT2D eigenvalue weighted by Gasteiger charge is -2.31. The molecule has 0 radical (unpaired) electrons. The molecule has 8 rings (SSSR count). The van der Waals surface area contributed by atoms with Crippen LogP contribution in [0.4, 0.5) is 0 Å². The fraction of sp³-hybridized carbons (Fsp3) is 0.250. The SMILES string of the molecule is CCC(C)CC(Cc1cccc(-n2c3ccccc3c3cc(-c4cccc(-n5c6ccccc6c6ccccc65)c4)ccc32)c1)OC(C)(C)CC. The molecule has 0 amide bonds. The maximum absolute atomic E-state index is 6.76. The number of aromatic nitrogens is 2. The number of nitrogens with zero attached hydrogens (tertiary/aromatic N) is 2. The van der Waals surface area contributed by atoms with E-state index in [9.17, 15) is 0 Å². The van der Waals surface area contributed by atoms with E-state index in [0.717, 1.165) is 19.3 Å². The molecule has 3 heteroatoms. The second-order valence-corrected chi connectivity index (χ2v) is 15.0. The van der Waals surface area contributed by atoms with Crippen LogP contribution in [0.25, 0.3) is 66.1 Å². The van der Waals surface area contributed by atoms with Gasteiger partial charge in [0.25, 0.3) is 0 Å². The van der Waals surface area contributed by atoms with Crippen LogP contribution in [0.3, 0.4) is 0 Å². The Morgan fingerprint density at radius 2 is 1.08 bits per heavy atom. The summed E-state index contributed by atoms with van der Waals surface area (Å²) in [5.74, 6) is 0.625. The standard InChI is InChI=1S/C48H48N2O/c1-6-33(3)28-39(51-48(4,5)7-2)30-34-16-14-18-37(29-34)49-46-25-13-10-22-42(46)43-32-36(26-27-47(43)49)35-17-15-19-38(31-35)50-44-23-11-8-20-40(44)41-21-9-12-24-45(41)50/h8-27,29,31-33,39H,6-7,28,30H2,1-5H3. The molecule has 0 aliphatic rings. The van der Waals surface area contributed by atoms with Crippen molar-refractivity contribution < 1.29 is 4.74 Å². The molecule has 0 N–H and O–H groups in total. The van der Waals surface area contributed by atoms with Gasteiger partial charge < -0.3 is 13.9 Å². The molecule has 2 unspecified atom stereocenters. The summed E-state index contributed by atoms with van der Waals surface area (Å²) in [6.07, 6.45) is 4.33. The Labute approximate surface area is 302 Å². The number of rotatable bonds is 11. The molecule has 0 saturated carbocycles. The first kappa shape index (κ1) is 33.0. The molecule has 0 aliphatic carbocycles. The van der Waals surface area contributed by atoms with Crippen molar-refractivity contribution in [2.75, 3.05) is 0 Å². The Hall–Kier alpha value is -5.12. The maximum Gasteiger partial charge on any atom is 0.0627 e. The number of hydrogen-bond acceptors (Lipinski definition) is 1. The topological polar surface area (TPSA) is 19.1 Å². The van der Waals surface area contributed by atoms with Crippen molar-refractivity contribution in [1.29, 1.82) is 0 Å². The largest absolute Gasteiger partial charge is 0.372 e. The molecular weight excluding hydrogens is 621 g/mol. The summed E-state index contributed by atoms with van der Waals surface area (Å²) in [6.45, 7) is 11.3. The molecule has 0 bridgehead atoms. The fourth-order valence-electron chi connectivity index (χ4n) is 7.86. The van der Waals surface area contributed by atoms with E-state index in [1.54, 1.807) is 0 Å². The average molecular weight is 669 g/mol. The monoisotopic (exact) mass is 668 g/mol. The first-order valence-corrected chi connectivity index (χ1v) is 18.7. The van der Waals surface area contributed by atoms with Crippen LogP contribution in [-0.2, 0) is 11.2 Å². The lowest BCUT2D eigenvalue weighted by Crippen LogP contribution is -2.32. The van der Waals surface area contributed by atoms with Gasteiger partial charge in [0.2, 0.25) is 0 Å². The zero-order valence-electron chi connectivity index (χ0n) is 30.6. The summed E-state index contributed by atoms with van der Waals surface area (Å²) in [7, 11) is 0. The van der Waals surface area contributed by atoms with Gasteiger partial charge in [-0.05, 0) is 110 Å². The van der Waals surface area contributed by atoms with Crippen molar-refractivity contribution in [3.05, 3.63) is 145 Å². The molecule has 0 saturated heterocycles. The van der Waals surface area contributed by atoms with Crippen molar-refractivity contribution >= 4 is 43.6 Å². The lowest BCUT2D eigenvalue weighted by atomic mass is 9.95. The van der Waals surface area contributed by atoms with Crippen LogP contribution >= 0.6 is 0 Å². The Balaban J connectivity index is 1.19. The Bertz CT molecular complexity index is 2440.